The number of rotatable bonds is 3. The summed E-state index contributed by atoms with van der Waals surface area (Å²) < 4.78 is 38.9. The molecule has 1 aromatic heterocycles. The van der Waals surface area contributed by atoms with Crippen LogP contribution in [0.2, 0.25) is 0 Å². The van der Waals surface area contributed by atoms with Gasteiger partial charge in [0.25, 0.3) is 0 Å². The van der Waals surface area contributed by atoms with Gasteiger partial charge in [0.1, 0.15) is 17.5 Å². The summed E-state index contributed by atoms with van der Waals surface area (Å²) in [7, 11) is 0. The highest BCUT2D eigenvalue weighted by Gasteiger charge is 2.10. The highest BCUT2D eigenvalue weighted by atomic mass is 19.1. The molecule has 0 aliphatic heterocycles. The molecule has 2 nitrogen and oxygen atoms in total. The average molecular weight is 252 g/mol. The molecule has 2 N–H and O–H groups in total. The fourth-order valence-corrected chi connectivity index (χ4v) is 1.73. The van der Waals surface area contributed by atoms with Crippen molar-refractivity contribution in [3.63, 3.8) is 0 Å². The molecule has 0 aliphatic rings. The molecule has 18 heavy (non-hydrogen) atoms. The second kappa shape index (κ2) is 5.18. The summed E-state index contributed by atoms with van der Waals surface area (Å²) in [6.45, 7) is 0. The van der Waals surface area contributed by atoms with E-state index in [-0.39, 0.29) is 6.42 Å². The van der Waals surface area contributed by atoms with E-state index in [4.69, 9.17) is 5.73 Å². The van der Waals surface area contributed by atoms with Gasteiger partial charge in [-0.1, -0.05) is 0 Å². The predicted octanol–water partition coefficient (Wildman–Crippen LogP) is 2.74. The molecule has 94 valence electrons. The van der Waals surface area contributed by atoms with Crippen LogP contribution >= 0.6 is 0 Å². The van der Waals surface area contributed by atoms with E-state index in [1.54, 1.807) is 0 Å². The van der Waals surface area contributed by atoms with E-state index in [9.17, 15) is 13.2 Å². The van der Waals surface area contributed by atoms with Gasteiger partial charge in [-0.05, 0) is 35.7 Å². The van der Waals surface area contributed by atoms with Crippen molar-refractivity contribution in [1.29, 1.82) is 0 Å². The summed E-state index contributed by atoms with van der Waals surface area (Å²) in [5.41, 5.74) is 6.75. The highest BCUT2D eigenvalue weighted by Crippen LogP contribution is 2.17. The number of pyridine rings is 1. The molecule has 0 aliphatic carbocycles. The Kier molecular flexibility index (Phi) is 3.62. The van der Waals surface area contributed by atoms with E-state index >= 15 is 0 Å². The molecule has 2 rings (SSSR count). The molecule has 0 fully saturated rings. The van der Waals surface area contributed by atoms with E-state index in [1.807, 2.05) is 0 Å². The Morgan fingerprint density at radius 2 is 1.61 bits per heavy atom. The minimum atomic E-state index is -0.658. The van der Waals surface area contributed by atoms with Crippen LogP contribution in [-0.4, -0.2) is 4.98 Å². The summed E-state index contributed by atoms with van der Waals surface area (Å²) >= 11 is 0. The fraction of sp³-hybridized carbons (Fsp3) is 0.154. The quantitative estimate of drug-likeness (QED) is 0.912. The zero-order valence-electron chi connectivity index (χ0n) is 9.41. The summed E-state index contributed by atoms with van der Waals surface area (Å²) in [4.78, 5) is 3.68. The summed E-state index contributed by atoms with van der Waals surface area (Å²) in [6.07, 6.45) is 2.71. The SMILES string of the molecule is NC(Cc1cc(F)cc(F)c1)c1cncc(F)c1. The van der Waals surface area contributed by atoms with Gasteiger partial charge in [-0.2, -0.15) is 0 Å². The Labute approximate surface area is 102 Å². The van der Waals surface area contributed by atoms with Crippen LogP contribution in [0.25, 0.3) is 0 Å². The van der Waals surface area contributed by atoms with E-state index in [2.05, 4.69) is 4.98 Å². The van der Waals surface area contributed by atoms with E-state index < -0.39 is 23.5 Å². The lowest BCUT2D eigenvalue weighted by Crippen LogP contribution is -2.14. The normalized spacial score (nSPS) is 12.4. The molecular formula is C13H11F3N2. The third kappa shape index (κ3) is 3.07. The van der Waals surface area contributed by atoms with Crippen molar-refractivity contribution in [2.24, 2.45) is 5.73 Å². The van der Waals surface area contributed by atoms with Gasteiger partial charge in [-0.25, -0.2) is 13.2 Å². The number of hydrogen-bond acceptors (Lipinski definition) is 2. The van der Waals surface area contributed by atoms with Crippen LogP contribution in [0.3, 0.4) is 0 Å². The largest absolute Gasteiger partial charge is 0.324 e. The first kappa shape index (κ1) is 12.6. The van der Waals surface area contributed by atoms with Gasteiger partial charge >= 0.3 is 0 Å². The number of aromatic nitrogens is 1. The molecule has 1 atom stereocenters. The average Bonchev–Trinajstić information content (AvgIpc) is 2.27. The number of hydrogen-bond donors (Lipinski definition) is 1. The molecule has 0 radical (unpaired) electrons. The van der Waals surface area contributed by atoms with Crippen molar-refractivity contribution in [3.8, 4) is 0 Å². The smallest absolute Gasteiger partial charge is 0.141 e. The van der Waals surface area contributed by atoms with E-state index in [0.717, 1.165) is 12.3 Å². The zero-order valence-corrected chi connectivity index (χ0v) is 9.41. The van der Waals surface area contributed by atoms with Crippen LogP contribution in [-0.2, 0) is 6.42 Å². The van der Waals surface area contributed by atoms with Crippen molar-refractivity contribution >= 4 is 0 Å². The van der Waals surface area contributed by atoms with Crippen LogP contribution < -0.4 is 5.73 Å². The molecule has 0 saturated carbocycles. The molecular weight excluding hydrogens is 241 g/mol. The standard InChI is InChI=1S/C13H11F3N2/c14-10-1-8(2-11(15)5-10)3-13(17)9-4-12(16)7-18-6-9/h1-2,4-7,13H,3,17H2. The second-order valence-electron chi connectivity index (χ2n) is 4.02. The van der Waals surface area contributed by atoms with Crippen molar-refractivity contribution in [3.05, 3.63) is 65.2 Å². The number of benzene rings is 1. The maximum absolute atomic E-state index is 13.0. The lowest BCUT2D eigenvalue weighted by atomic mass is 10.0. The maximum atomic E-state index is 13.0. The van der Waals surface area contributed by atoms with Crippen LogP contribution in [0.5, 0.6) is 0 Å². The van der Waals surface area contributed by atoms with Crippen LogP contribution in [0.1, 0.15) is 17.2 Å². The minimum Gasteiger partial charge on any atom is -0.324 e. The molecule has 0 spiro atoms. The van der Waals surface area contributed by atoms with E-state index in [1.165, 1.54) is 24.4 Å². The molecule has 0 amide bonds. The van der Waals surface area contributed by atoms with Gasteiger partial charge in [0, 0.05) is 18.3 Å². The Balaban J connectivity index is 2.18. The first-order chi connectivity index (χ1) is 8.54. The Morgan fingerprint density at radius 3 is 2.22 bits per heavy atom. The molecule has 1 aromatic carbocycles. The first-order valence-electron chi connectivity index (χ1n) is 5.35. The Hall–Kier alpha value is -1.88. The highest BCUT2D eigenvalue weighted by molar-refractivity contribution is 5.22. The first-order valence-corrected chi connectivity index (χ1v) is 5.35. The van der Waals surface area contributed by atoms with Gasteiger partial charge < -0.3 is 5.73 Å². The lowest BCUT2D eigenvalue weighted by Gasteiger charge is -2.12. The maximum Gasteiger partial charge on any atom is 0.141 e. The fourth-order valence-electron chi connectivity index (χ4n) is 1.73. The van der Waals surface area contributed by atoms with E-state index in [0.29, 0.717) is 11.1 Å². The number of halogens is 3. The van der Waals surface area contributed by atoms with Crippen LogP contribution in [0, 0.1) is 17.5 Å². The molecule has 0 saturated heterocycles. The van der Waals surface area contributed by atoms with Crippen molar-refractivity contribution in [1.82, 2.24) is 4.98 Å². The van der Waals surface area contributed by atoms with Crippen molar-refractivity contribution < 1.29 is 13.2 Å². The van der Waals surface area contributed by atoms with Crippen molar-refractivity contribution in [2.45, 2.75) is 12.5 Å². The topological polar surface area (TPSA) is 38.9 Å². The number of nitrogens with two attached hydrogens (primary N) is 1. The van der Waals surface area contributed by atoms with Crippen molar-refractivity contribution in [2.75, 3.05) is 0 Å². The molecule has 5 heteroatoms. The third-order valence-corrected chi connectivity index (χ3v) is 2.53. The molecule has 2 aromatic rings. The zero-order chi connectivity index (χ0) is 13.1. The van der Waals surface area contributed by atoms with Gasteiger partial charge in [0.2, 0.25) is 0 Å². The van der Waals surface area contributed by atoms with Gasteiger partial charge in [0.15, 0.2) is 0 Å². The minimum absolute atomic E-state index is 0.208. The summed E-state index contributed by atoms with van der Waals surface area (Å²) in [6, 6.07) is 3.90. The summed E-state index contributed by atoms with van der Waals surface area (Å²) in [5, 5.41) is 0. The van der Waals surface area contributed by atoms with Gasteiger partial charge in [-0.3, -0.25) is 4.98 Å². The van der Waals surface area contributed by atoms with Gasteiger partial charge in [-0.15, -0.1) is 0 Å². The Bertz CT molecular complexity index is 537. The molecule has 1 unspecified atom stereocenters. The monoisotopic (exact) mass is 252 g/mol. The third-order valence-electron chi connectivity index (χ3n) is 2.53. The Morgan fingerprint density at radius 1 is 0.944 bits per heavy atom. The number of nitrogens with zero attached hydrogens (tertiary/aromatic N) is 1. The molecule has 1 heterocycles. The lowest BCUT2D eigenvalue weighted by molar-refractivity contribution is 0.575. The predicted molar refractivity (Wildman–Crippen MR) is 61.2 cm³/mol. The summed E-state index contributed by atoms with van der Waals surface area (Å²) in [5.74, 6) is -1.81. The molecule has 0 bridgehead atoms. The van der Waals surface area contributed by atoms with Crippen LogP contribution in [0.4, 0.5) is 13.2 Å². The van der Waals surface area contributed by atoms with Crippen LogP contribution in [0.15, 0.2) is 36.7 Å². The van der Waals surface area contributed by atoms with Gasteiger partial charge in [0.05, 0.1) is 6.20 Å². The second-order valence-corrected chi connectivity index (χ2v) is 4.02.